The average molecular weight is 241 g/mol. The molecule has 0 N–H and O–H groups in total. The summed E-state index contributed by atoms with van der Waals surface area (Å²) in [4.78, 5) is 12.6. The summed E-state index contributed by atoms with van der Waals surface area (Å²) >= 11 is 0. The van der Waals surface area contributed by atoms with Crippen LogP contribution in [0.3, 0.4) is 0 Å². The molecule has 0 aliphatic carbocycles. The summed E-state index contributed by atoms with van der Waals surface area (Å²) in [6, 6.07) is 1.90. The van der Waals surface area contributed by atoms with Gasteiger partial charge in [-0.2, -0.15) is 0 Å². The number of hydrogen-bond donors (Lipinski definition) is 0. The molecule has 0 saturated carbocycles. The Morgan fingerprint density at radius 2 is 2.17 bits per heavy atom. The second-order valence-corrected chi connectivity index (χ2v) is 3.90. The summed E-state index contributed by atoms with van der Waals surface area (Å²) < 4.78 is 7.01. The van der Waals surface area contributed by atoms with Crippen LogP contribution in [-0.4, -0.2) is 24.7 Å². The van der Waals surface area contributed by atoms with Gasteiger partial charge in [-0.15, -0.1) is 0 Å². The molecular formula is C12H11N5O. The Kier molecular flexibility index (Phi) is 2.60. The summed E-state index contributed by atoms with van der Waals surface area (Å²) in [5.74, 6) is 1.56. The Bertz CT molecular complexity index is 643. The van der Waals surface area contributed by atoms with Crippen molar-refractivity contribution in [3.05, 3.63) is 48.5 Å². The van der Waals surface area contributed by atoms with Gasteiger partial charge in [-0.05, 0) is 6.92 Å². The molecule has 6 nitrogen and oxygen atoms in total. The van der Waals surface area contributed by atoms with Gasteiger partial charge in [0.05, 0.1) is 12.7 Å². The van der Waals surface area contributed by atoms with E-state index in [2.05, 4.69) is 20.1 Å². The van der Waals surface area contributed by atoms with Gasteiger partial charge in [-0.25, -0.2) is 9.97 Å². The molecule has 90 valence electrons. The normalized spacial score (nSPS) is 10.7. The SMILES string of the molecule is Cc1cc(Cn2ccnc2-c2cnccn2)no1. The van der Waals surface area contributed by atoms with Crippen molar-refractivity contribution in [3.8, 4) is 11.5 Å². The molecule has 6 heteroatoms. The lowest BCUT2D eigenvalue weighted by molar-refractivity contribution is 0.389. The van der Waals surface area contributed by atoms with Gasteiger partial charge in [-0.3, -0.25) is 4.98 Å². The van der Waals surface area contributed by atoms with Gasteiger partial charge in [0.2, 0.25) is 0 Å². The highest BCUT2D eigenvalue weighted by Gasteiger charge is 2.09. The van der Waals surface area contributed by atoms with Crippen LogP contribution < -0.4 is 0 Å². The zero-order valence-corrected chi connectivity index (χ0v) is 9.82. The Morgan fingerprint density at radius 3 is 2.89 bits per heavy atom. The quantitative estimate of drug-likeness (QED) is 0.697. The fourth-order valence-corrected chi connectivity index (χ4v) is 1.75. The number of aromatic nitrogens is 5. The molecule has 0 radical (unpaired) electrons. The van der Waals surface area contributed by atoms with E-state index in [1.807, 2.05) is 23.8 Å². The summed E-state index contributed by atoms with van der Waals surface area (Å²) in [5.41, 5.74) is 1.60. The minimum atomic E-state index is 0.600. The van der Waals surface area contributed by atoms with Crippen LogP contribution in [0.25, 0.3) is 11.5 Å². The standard InChI is InChI=1S/C12H11N5O/c1-9-6-10(16-18-9)8-17-5-4-15-12(17)11-7-13-2-3-14-11/h2-7H,8H2,1H3. The fraction of sp³-hybridized carbons (Fsp3) is 0.167. The average Bonchev–Trinajstić information content (AvgIpc) is 3.00. The van der Waals surface area contributed by atoms with Crippen molar-refractivity contribution in [1.82, 2.24) is 24.7 Å². The predicted octanol–water partition coefficient (Wildman–Crippen LogP) is 1.68. The molecule has 3 aromatic rings. The van der Waals surface area contributed by atoms with Crippen molar-refractivity contribution in [2.45, 2.75) is 13.5 Å². The van der Waals surface area contributed by atoms with E-state index < -0.39 is 0 Å². The van der Waals surface area contributed by atoms with E-state index in [1.165, 1.54) is 0 Å². The van der Waals surface area contributed by atoms with Gasteiger partial charge in [0.15, 0.2) is 5.82 Å². The topological polar surface area (TPSA) is 69.6 Å². The minimum Gasteiger partial charge on any atom is -0.361 e. The summed E-state index contributed by atoms with van der Waals surface area (Å²) in [5, 5.41) is 3.97. The van der Waals surface area contributed by atoms with Crippen LogP contribution in [0, 0.1) is 6.92 Å². The number of aryl methyl sites for hydroxylation is 1. The maximum atomic E-state index is 5.05. The Balaban J connectivity index is 1.93. The van der Waals surface area contributed by atoms with E-state index in [1.54, 1.807) is 24.8 Å². The zero-order chi connectivity index (χ0) is 12.4. The Morgan fingerprint density at radius 1 is 1.22 bits per heavy atom. The fourth-order valence-electron chi connectivity index (χ4n) is 1.75. The van der Waals surface area contributed by atoms with E-state index in [-0.39, 0.29) is 0 Å². The summed E-state index contributed by atoms with van der Waals surface area (Å²) in [7, 11) is 0. The van der Waals surface area contributed by atoms with Gasteiger partial charge >= 0.3 is 0 Å². The molecule has 0 atom stereocenters. The van der Waals surface area contributed by atoms with Crippen molar-refractivity contribution in [2.24, 2.45) is 0 Å². The first kappa shape index (κ1) is 10.6. The number of nitrogens with zero attached hydrogens (tertiary/aromatic N) is 5. The monoisotopic (exact) mass is 241 g/mol. The molecule has 3 rings (SSSR count). The Labute approximate surface area is 103 Å². The number of rotatable bonds is 3. The van der Waals surface area contributed by atoms with Crippen LogP contribution in [-0.2, 0) is 6.54 Å². The van der Waals surface area contributed by atoms with Crippen LogP contribution in [0.4, 0.5) is 0 Å². The highest BCUT2D eigenvalue weighted by atomic mass is 16.5. The second-order valence-electron chi connectivity index (χ2n) is 3.90. The first-order valence-electron chi connectivity index (χ1n) is 5.52. The molecular weight excluding hydrogens is 230 g/mol. The van der Waals surface area contributed by atoms with Crippen LogP contribution in [0.5, 0.6) is 0 Å². The third-order valence-electron chi connectivity index (χ3n) is 2.52. The smallest absolute Gasteiger partial charge is 0.160 e. The van der Waals surface area contributed by atoms with E-state index in [0.717, 1.165) is 23.0 Å². The third-order valence-corrected chi connectivity index (χ3v) is 2.52. The number of imidazole rings is 1. The summed E-state index contributed by atoms with van der Waals surface area (Å²) in [6.45, 7) is 2.47. The van der Waals surface area contributed by atoms with Crippen LogP contribution >= 0.6 is 0 Å². The molecule has 18 heavy (non-hydrogen) atoms. The van der Waals surface area contributed by atoms with E-state index >= 15 is 0 Å². The first-order chi connectivity index (χ1) is 8.83. The largest absolute Gasteiger partial charge is 0.361 e. The van der Waals surface area contributed by atoms with Crippen molar-refractivity contribution in [3.63, 3.8) is 0 Å². The third kappa shape index (κ3) is 2.00. The Hall–Kier alpha value is -2.50. The maximum absolute atomic E-state index is 5.05. The molecule has 0 unspecified atom stereocenters. The highest BCUT2D eigenvalue weighted by molar-refractivity contribution is 5.47. The molecule has 0 amide bonds. The molecule has 3 aromatic heterocycles. The van der Waals surface area contributed by atoms with Crippen LogP contribution in [0.1, 0.15) is 11.5 Å². The second kappa shape index (κ2) is 4.40. The lowest BCUT2D eigenvalue weighted by atomic mass is 10.3. The molecule has 0 bridgehead atoms. The zero-order valence-electron chi connectivity index (χ0n) is 9.82. The molecule has 0 aromatic carbocycles. The van der Waals surface area contributed by atoms with Gasteiger partial charge in [0, 0.05) is 30.9 Å². The summed E-state index contributed by atoms with van der Waals surface area (Å²) in [6.07, 6.45) is 8.59. The van der Waals surface area contributed by atoms with E-state index in [4.69, 9.17) is 4.52 Å². The van der Waals surface area contributed by atoms with Crippen molar-refractivity contribution < 1.29 is 4.52 Å². The van der Waals surface area contributed by atoms with Crippen LogP contribution in [0.2, 0.25) is 0 Å². The minimum absolute atomic E-state index is 0.600. The van der Waals surface area contributed by atoms with E-state index in [9.17, 15) is 0 Å². The molecule has 0 aliphatic rings. The van der Waals surface area contributed by atoms with Crippen molar-refractivity contribution in [2.75, 3.05) is 0 Å². The molecule has 0 spiro atoms. The number of hydrogen-bond acceptors (Lipinski definition) is 5. The van der Waals surface area contributed by atoms with Gasteiger partial charge in [0.1, 0.15) is 17.1 Å². The van der Waals surface area contributed by atoms with Crippen molar-refractivity contribution >= 4 is 0 Å². The van der Waals surface area contributed by atoms with Crippen molar-refractivity contribution in [1.29, 1.82) is 0 Å². The lowest BCUT2D eigenvalue weighted by Gasteiger charge is -2.04. The predicted molar refractivity (Wildman–Crippen MR) is 63.6 cm³/mol. The van der Waals surface area contributed by atoms with Gasteiger partial charge in [-0.1, -0.05) is 5.16 Å². The highest BCUT2D eigenvalue weighted by Crippen LogP contribution is 2.14. The van der Waals surface area contributed by atoms with Gasteiger partial charge in [0.25, 0.3) is 0 Å². The molecule has 3 heterocycles. The molecule has 0 saturated heterocycles. The first-order valence-corrected chi connectivity index (χ1v) is 5.52. The molecule has 0 fully saturated rings. The van der Waals surface area contributed by atoms with E-state index in [0.29, 0.717) is 6.54 Å². The van der Waals surface area contributed by atoms with Gasteiger partial charge < -0.3 is 9.09 Å². The molecule has 0 aliphatic heterocycles. The lowest BCUT2D eigenvalue weighted by Crippen LogP contribution is -2.02. The van der Waals surface area contributed by atoms with Crippen LogP contribution in [0.15, 0.2) is 41.6 Å². The maximum Gasteiger partial charge on any atom is 0.160 e.